The van der Waals surface area contributed by atoms with Crippen LogP contribution < -0.4 is 20.4 Å². The van der Waals surface area contributed by atoms with Crippen molar-refractivity contribution in [2.24, 2.45) is 11.8 Å². The molecule has 4 rings (SSSR count). The Morgan fingerprint density at radius 2 is 1.50 bits per heavy atom. The second-order valence-corrected chi connectivity index (χ2v) is 10.1. The maximum atomic E-state index is 5.60. The molecule has 0 unspecified atom stereocenters. The fraction of sp³-hybridized carbons (Fsp3) is 0.783. The standard InChI is InChI=1S/C23H38N6S/c1-17-13-18(2)16-29(15-17)21-14-20(28-11-7-3-4-8-12-28)25-22(26-21)27-23(30)24-19-9-5-6-10-19/h14,17-19H,3-13,15-16H2,1-2H3,(H2,24,25,26,27,30)/t17-,18-/m0/s1. The van der Waals surface area contributed by atoms with E-state index in [9.17, 15) is 0 Å². The van der Waals surface area contributed by atoms with Gasteiger partial charge in [0.15, 0.2) is 5.11 Å². The van der Waals surface area contributed by atoms with Crippen LogP contribution in [-0.2, 0) is 0 Å². The molecule has 0 aromatic carbocycles. The lowest BCUT2D eigenvalue weighted by molar-refractivity contribution is 0.355. The average molecular weight is 431 g/mol. The lowest BCUT2D eigenvalue weighted by atomic mass is 9.92. The van der Waals surface area contributed by atoms with Gasteiger partial charge in [-0.15, -0.1) is 0 Å². The molecule has 2 aliphatic heterocycles. The Morgan fingerprint density at radius 3 is 2.13 bits per heavy atom. The highest BCUT2D eigenvalue weighted by molar-refractivity contribution is 7.80. The van der Waals surface area contributed by atoms with E-state index >= 15 is 0 Å². The first kappa shape index (κ1) is 21.6. The summed E-state index contributed by atoms with van der Waals surface area (Å²) in [6.45, 7) is 8.97. The summed E-state index contributed by atoms with van der Waals surface area (Å²) in [4.78, 5) is 14.7. The van der Waals surface area contributed by atoms with Crippen molar-refractivity contribution in [3.8, 4) is 0 Å². The number of thiocarbonyl (C=S) groups is 1. The third-order valence-corrected chi connectivity index (χ3v) is 6.96. The number of anilines is 3. The van der Waals surface area contributed by atoms with E-state index in [-0.39, 0.29) is 0 Å². The van der Waals surface area contributed by atoms with Gasteiger partial charge in [-0.1, -0.05) is 39.5 Å². The van der Waals surface area contributed by atoms with Gasteiger partial charge >= 0.3 is 0 Å². The number of piperidine rings is 1. The van der Waals surface area contributed by atoms with E-state index < -0.39 is 0 Å². The monoisotopic (exact) mass is 430 g/mol. The van der Waals surface area contributed by atoms with Crippen molar-refractivity contribution in [3.63, 3.8) is 0 Å². The Kier molecular flexibility index (Phi) is 7.28. The highest BCUT2D eigenvalue weighted by atomic mass is 32.1. The van der Waals surface area contributed by atoms with E-state index in [0.29, 0.717) is 28.9 Å². The summed E-state index contributed by atoms with van der Waals surface area (Å²) in [5, 5.41) is 7.43. The van der Waals surface area contributed by atoms with Crippen molar-refractivity contribution >= 4 is 34.9 Å². The summed E-state index contributed by atoms with van der Waals surface area (Å²) >= 11 is 5.60. The molecule has 2 saturated heterocycles. The van der Waals surface area contributed by atoms with Crippen molar-refractivity contribution < 1.29 is 0 Å². The van der Waals surface area contributed by atoms with Gasteiger partial charge in [-0.25, -0.2) is 0 Å². The van der Waals surface area contributed by atoms with E-state index in [4.69, 9.17) is 22.2 Å². The minimum Gasteiger partial charge on any atom is -0.360 e. The maximum Gasteiger partial charge on any atom is 0.232 e. The quantitative estimate of drug-likeness (QED) is 0.679. The number of rotatable bonds is 4. The summed E-state index contributed by atoms with van der Waals surface area (Å²) < 4.78 is 0. The molecule has 0 radical (unpaired) electrons. The predicted molar refractivity (Wildman–Crippen MR) is 129 cm³/mol. The molecule has 0 amide bonds. The largest absolute Gasteiger partial charge is 0.360 e. The molecule has 3 aliphatic rings. The van der Waals surface area contributed by atoms with Crippen LogP contribution in [0.25, 0.3) is 0 Å². The third-order valence-electron chi connectivity index (χ3n) is 6.74. The number of aromatic nitrogens is 2. The molecule has 1 aromatic rings. The lowest BCUT2D eigenvalue weighted by Crippen LogP contribution is -2.40. The second kappa shape index (κ2) is 10.1. The summed E-state index contributed by atoms with van der Waals surface area (Å²) in [5.41, 5.74) is 0. The Bertz CT molecular complexity index is 702. The van der Waals surface area contributed by atoms with Crippen LogP contribution in [0.1, 0.15) is 71.6 Å². The van der Waals surface area contributed by atoms with Crippen LogP contribution >= 0.6 is 12.2 Å². The highest BCUT2D eigenvalue weighted by Gasteiger charge is 2.25. The van der Waals surface area contributed by atoms with Crippen LogP contribution in [-0.4, -0.2) is 47.3 Å². The van der Waals surface area contributed by atoms with Gasteiger partial charge in [0.2, 0.25) is 5.95 Å². The Morgan fingerprint density at radius 1 is 0.900 bits per heavy atom. The van der Waals surface area contributed by atoms with Gasteiger partial charge in [0.05, 0.1) is 0 Å². The molecule has 1 saturated carbocycles. The van der Waals surface area contributed by atoms with Crippen LogP contribution in [0.15, 0.2) is 6.07 Å². The number of nitrogens with zero attached hydrogens (tertiary/aromatic N) is 4. The lowest BCUT2D eigenvalue weighted by Gasteiger charge is -2.36. The minimum absolute atomic E-state index is 0.488. The van der Waals surface area contributed by atoms with Gasteiger partial charge in [-0.05, 0) is 56.2 Å². The van der Waals surface area contributed by atoms with Gasteiger partial charge in [-0.2, -0.15) is 9.97 Å². The van der Waals surface area contributed by atoms with Gasteiger partial charge in [0.25, 0.3) is 0 Å². The molecule has 2 N–H and O–H groups in total. The van der Waals surface area contributed by atoms with E-state index in [1.54, 1.807) is 0 Å². The summed E-state index contributed by atoms with van der Waals surface area (Å²) in [6.07, 6.45) is 11.4. The van der Waals surface area contributed by atoms with E-state index in [1.165, 1.54) is 57.8 Å². The van der Waals surface area contributed by atoms with E-state index in [1.807, 2.05) is 0 Å². The first-order chi connectivity index (χ1) is 14.6. The Labute approximate surface area is 187 Å². The fourth-order valence-corrected chi connectivity index (χ4v) is 5.60. The molecule has 2 atom stereocenters. The summed E-state index contributed by atoms with van der Waals surface area (Å²) in [5.74, 6) is 4.08. The molecule has 0 bridgehead atoms. The number of hydrogen-bond donors (Lipinski definition) is 2. The first-order valence-corrected chi connectivity index (χ1v) is 12.4. The number of hydrogen-bond acceptors (Lipinski definition) is 5. The average Bonchev–Trinajstić information content (AvgIpc) is 3.06. The van der Waals surface area contributed by atoms with Crippen molar-refractivity contribution in [2.75, 3.05) is 41.3 Å². The van der Waals surface area contributed by atoms with Crippen LogP contribution in [0, 0.1) is 11.8 Å². The normalized spacial score (nSPS) is 25.8. The predicted octanol–water partition coefficient (Wildman–Crippen LogP) is 4.57. The van der Waals surface area contributed by atoms with Crippen LogP contribution in [0.2, 0.25) is 0 Å². The minimum atomic E-state index is 0.488. The second-order valence-electron chi connectivity index (χ2n) is 9.74. The van der Waals surface area contributed by atoms with Gasteiger partial charge < -0.3 is 20.4 Å². The van der Waals surface area contributed by atoms with Crippen LogP contribution in [0.5, 0.6) is 0 Å². The smallest absolute Gasteiger partial charge is 0.232 e. The fourth-order valence-electron chi connectivity index (χ4n) is 5.34. The van der Waals surface area contributed by atoms with Crippen molar-refractivity contribution in [1.82, 2.24) is 15.3 Å². The summed E-state index contributed by atoms with van der Waals surface area (Å²) in [7, 11) is 0. The molecule has 3 heterocycles. The molecule has 1 aromatic heterocycles. The maximum absolute atomic E-state index is 5.60. The zero-order valence-corrected chi connectivity index (χ0v) is 19.5. The highest BCUT2D eigenvalue weighted by Crippen LogP contribution is 2.29. The molecule has 166 valence electrons. The van der Waals surface area contributed by atoms with E-state index in [2.05, 4.69) is 40.3 Å². The molecule has 0 spiro atoms. The molecule has 7 heteroatoms. The van der Waals surface area contributed by atoms with Crippen molar-refractivity contribution in [2.45, 2.75) is 77.7 Å². The Hall–Kier alpha value is -1.63. The SMILES string of the molecule is C[C@H]1C[C@H](C)CN(c2cc(N3CCCCCC3)nc(NC(=S)NC3CCCC3)n2)C1. The third kappa shape index (κ3) is 5.74. The van der Waals surface area contributed by atoms with E-state index in [0.717, 1.165) is 37.8 Å². The molecular weight excluding hydrogens is 392 g/mol. The topological polar surface area (TPSA) is 56.3 Å². The van der Waals surface area contributed by atoms with Crippen LogP contribution in [0.3, 0.4) is 0 Å². The molecule has 6 nitrogen and oxygen atoms in total. The molecule has 3 fully saturated rings. The molecule has 30 heavy (non-hydrogen) atoms. The van der Waals surface area contributed by atoms with Crippen molar-refractivity contribution in [3.05, 3.63) is 6.07 Å². The van der Waals surface area contributed by atoms with Crippen molar-refractivity contribution in [1.29, 1.82) is 0 Å². The Balaban J connectivity index is 1.55. The van der Waals surface area contributed by atoms with Gasteiger partial charge in [0, 0.05) is 38.3 Å². The zero-order chi connectivity index (χ0) is 20.9. The zero-order valence-electron chi connectivity index (χ0n) is 18.7. The van der Waals surface area contributed by atoms with Gasteiger partial charge in [0.1, 0.15) is 11.6 Å². The molecule has 1 aliphatic carbocycles. The van der Waals surface area contributed by atoms with Crippen LogP contribution in [0.4, 0.5) is 17.6 Å². The first-order valence-electron chi connectivity index (χ1n) is 12.0. The summed E-state index contributed by atoms with van der Waals surface area (Å²) in [6, 6.07) is 2.69. The number of nitrogens with one attached hydrogen (secondary N) is 2. The molecular formula is C23H38N6S. The van der Waals surface area contributed by atoms with Gasteiger partial charge in [-0.3, -0.25) is 0 Å².